The second-order valence-electron chi connectivity index (χ2n) is 9.72. The van der Waals surface area contributed by atoms with Crippen LogP contribution in [0.25, 0.3) is 0 Å². The zero-order valence-corrected chi connectivity index (χ0v) is 21.6. The Balaban J connectivity index is 1.49. The molecule has 0 radical (unpaired) electrons. The topological polar surface area (TPSA) is 63.2 Å². The van der Waals surface area contributed by atoms with Gasteiger partial charge in [-0.1, -0.05) is 43.3 Å². The maximum Gasteiger partial charge on any atom is 0.416 e. The van der Waals surface area contributed by atoms with Crippen molar-refractivity contribution in [2.45, 2.75) is 62.8 Å². The average molecular weight is 566 g/mol. The third-order valence-electron chi connectivity index (χ3n) is 6.99. The van der Waals surface area contributed by atoms with Gasteiger partial charge in [-0.2, -0.15) is 26.3 Å². The first-order valence-corrected chi connectivity index (χ1v) is 12.8. The minimum atomic E-state index is -4.95. The normalized spacial score (nSPS) is 20.0. The van der Waals surface area contributed by atoms with Gasteiger partial charge in [0.1, 0.15) is 0 Å². The molecule has 0 aliphatic carbocycles. The number of rotatable bonds is 10. The number of nitrogens with one attached hydrogen (secondary N) is 2. The Hall–Kier alpha value is -3.44. The summed E-state index contributed by atoms with van der Waals surface area (Å²) in [5.74, 6) is -0.218. The number of halogens is 6. The molecule has 1 aliphatic rings. The van der Waals surface area contributed by atoms with Crippen LogP contribution in [0.5, 0.6) is 0 Å². The van der Waals surface area contributed by atoms with Gasteiger partial charge in [0, 0.05) is 24.9 Å². The monoisotopic (exact) mass is 565 g/mol. The molecule has 3 unspecified atom stereocenters. The first kappa shape index (κ1) is 29.5. The standard InChI is InChI=1S/C29H29F6N3O2/c1-2-25(40-18-19-14-21(28(30,31)32)16-22(15-19)29(33,34)35)27(20-8-4-3-5-9-20)17-24(38-27)26(39)37-13-11-23-10-6-7-12-36-23/h3-10,12,14-16,24-25,38H,2,11,13,17-18H2,1H3,(H,37,39). The summed E-state index contributed by atoms with van der Waals surface area (Å²) < 4.78 is 85.9. The number of carbonyl (C=O) groups is 1. The predicted octanol–water partition coefficient (Wildman–Crippen LogP) is 6.03. The Labute approximate surface area is 228 Å². The van der Waals surface area contributed by atoms with Crippen molar-refractivity contribution in [3.8, 4) is 0 Å². The second-order valence-corrected chi connectivity index (χ2v) is 9.72. The molecule has 0 spiro atoms. The number of nitrogens with zero attached hydrogens (tertiary/aromatic N) is 1. The van der Waals surface area contributed by atoms with E-state index < -0.39 is 47.8 Å². The minimum Gasteiger partial charge on any atom is -0.371 e. The molecule has 5 nitrogen and oxygen atoms in total. The van der Waals surface area contributed by atoms with Gasteiger partial charge in [-0.3, -0.25) is 15.1 Å². The van der Waals surface area contributed by atoms with Gasteiger partial charge < -0.3 is 10.1 Å². The fraction of sp³-hybridized carbons (Fsp3) is 0.379. The number of ether oxygens (including phenoxy) is 1. The zero-order chi connectivity index (χ0) is 29.0. The summed E-state index contributed by atoms with van der Waals surface area (Å²) in [7, 11) is 0. The molecule has 11 heteroatoms. The molecule has 214 valence electrons. The fourth-order valence-electron chi connectivity index (χ4n) is 5.01. The van der Waals surface area contributed by atoms with Crippen LogP contribution in [0.4, 0.5) is 26.3 Å². The molecule has 1 aliphatic heterocycles. The lowest BCUT2D eigenvalue weighted by Gasteiger charge is -2.52. The molecule has 0 bridgehead atoms. The van der Waals surface area contributed by atoms with E-state index in [2.05, 4.69) is 15.6 Å². The molecule has 1 amide bonds. The lowest BCUT2D eigenvalue weighted by molar-refractivity contribution is -0.143. The molecule has 2 aromatic carbocycles. The molecule has 2 N–H and O–H groups in total. The maximum absolute atomic E-state index is 13.3. The number of hydrogen-bond donors (Lipinski definition) is 2. The van der Waals surface area contributed by atoms with E-state index in [4.69, 9.17) is 4.74 Å². The molecule has 40 heavy (non-hydrogen) atoms. The van der Waals surface area contributed by atoms with Gasteiger partial charge in [0.2, 0.25) is 5.91 Å². The van der Waals surface area contributed by atoms with Gasteiger partial charge in [0.05, 0.1) is 35.4 Å². The molecule has 1 aromatic heterocycles. The van der Waals surface area contributed by atoms with Gasteiger partial charge in [0.25, 0.3) is 0 Å². The lowest BCUT2D eigenvalue weighted by atomic mass is 9.71. The van der Waals surface area contributed by atoms with Crippen molar-refractivity contribution in [3.05, 3.63) is 101 Å². The highest BCUT2D eigenvalue weighted by atomic mass is 19.4. The highest BCUT2D eigenvalue weighted by Gasteiger charge is 2.53. The molecule has 2 heterocycles. The highest BCUT2D eigenvalue weighted by Crippen LogP contribution is 2.42. The Morgan fingerprint density at radius 2 is 1.65 bits per heavy atom. The number of hydrogen-bond acceptors (Lipinski definition) is 4. The predicted molar refractivity (Wildman–Crippen MR) is 136 cm³/mol. The van der Waals surface area contributed by atoms with Gasteiger partial charge in [0.15, 0.2) is 0 Å². The van der Waals surface area contributed by atoms with E-state index in [1.807, 2.05) is 49.4 Å². The van der Waals surface area contributed by atoms with Gasteiger partial charge >= 0.3 is 12.4 Å². The van der Waals surface area contributed by atoms with Gasteiger partial charge in [-0.05, 0) is 54.3 Å². The number of aromatic nitrogens is 1. The van der Waals surface area contributed by atoms with Gasteiger partial charge in [-0.15, -0.1) is 0 Å². The molecule has 4 rings (SSSR count). The summed E-state index contributed by atoms with van der Waals surface area (Å²) in [5.41, 5.74) is -2.24. The molecule has 1 fully saturated rings. The van der Waals surface area contributed by atoms with Crippen molar-refractivity contribution in [2.75, 3.05) is 6.54 Å². The van der Waals surface area contributed by atoms with E-state index >= 15 is 0 Å². The first-order valence-electron chi connectivity index (χ1n) is 12.8. The van der Waals surface area contributed by atoms with Crippen LogP contribution in [0, 0.1) is 0 Å². The third-order valence-corrected chi connectivity index (χ3v) is 6.99. The number of benzene rings is 2. The lowest BCUT2D eigenvalue weighted by Crippen LogP contribution is -2.70. The summed E-state index contributed by atoms with van der Waals surface area (Å²) in [6, 6.07) is 15.6. The van der Waals surface area contributed by atoms with Crippen molar-refractivity contribution in [1.29, 1.82) is 0 Å². The van der Waals surface area contributed by atoms with E-state index in [0.29, 0.717) is 37.9 Å². The average Bonchev–Trinajstić information content (AvgIpc) is 2.90. The van der Waals surface area contributed by atoms with Crippen LogP contribution in [0.2, 0.25) is 0 Å². The molecule has 1 saturated heterocycles. The molecular formula is C29H29F6N3O2. The van der Waals surface area contributed by atoms with Crippen molar-refractivity contribution >= 4 is 5.91 Å². The smallest absolute Gasteiger partial charge is 0.371 e. The molecular weight excluding hydrogens is 536 g/mol. The Morgan fingerprint density at radius 1 is 1.02 bits per heavy atom. The number of amides is 1. The van der Waals surface area contributed by atoms with Crippen molar-refractivity contribution in [2.24, 2.45) is 0 Å². The number of alkyl halides is 6. The van der Waals surface area contributed by atoms with E-state index in [-0.39, 0.29) is 17.5 Å². The van der Waals surface area contributed by atoms with Crippen LogP contribution in [0.15, 0.2) is 72.9 Å². The van der Waals surface area contributed by atoms with Crippen molar-refractivity contribution < 1.29 is 35.9 Å². The van der Waals surface area contributed by atoms with E-state index in [0.717, 1.165) is 11.3 Å². The first-order chi connectivity index (χ1) is 18.9. The summed E-state index contributed by atoms with van der Waals surface area (Å²) >= 11 is 0. The van der Waals surface area contributed by atoms with E-state index in [9.17, 15) is 31.1 Å². The molecule has 0 saturated carbocycles. The highest BCUT2D eigenvalue weighted by molar-refractivity contribution is 5.83. The Bertz CT molecular complexity index is 1240. The quantitative estimate of drug-likeness (QED) is 0.295. The fourth-order valence-corrected chi connectivity index (χ4v) is 5.01. The summed E-state index contributed by atoms with van der Waals surface area (Å²) in [6.07, 6.45) is -7.58. The van der Waals surface area contributed by atoms with Crippen LogP contribution in [0.3, 0.4) is 0 Å². The van der Waals surface area contributed by atoms with Crippen molar-refractivity contribution in [3.63, 3.8) is 0 Å². The molecule has 3 aromatic rings. The van der Waals surface area contributed by atoms with Crippen LogP contribution >= 0.6 is 0 Å². The minimum absolute atomic E-state index is 0.0941. The Kier molecular flexibility index (Phi) is 8.84. The Morgan fingerprint density at radius 3 is 2.20 bits per heavy atom. The van der Waals surface area contributed by atoms with Crippen LogP contribution in [0.1, 0.15) is 47.7 Å². The van der Waals surface area contributed by atoms with Crippen LogP contribution in [-0.4, -0.2) is 29.6 Å². The van der Waals surface area contributed by atoms with E-state index in [1.165, 1.54) is 0 Å². The molecule has 3 atom stereocenters. The van der Waals surface area contributed by atoms with E-state index in [1.54, 1.807) is 12.3 Å². The maximum atomic E-state index is 13.3. The summed E-state index contributed by atoms with van der Waals surface area (Å²) in [4.78, 5) is 17.1. The summed E-state index contributed by atoms with van der Waals surface area (Å²) in [6.45, 7) is 1.73. The van der Waals surface area contributed by atoms with Crippen LogP contribution < -0.4 is 10.6 Å². The second kappa shape index (κ2) is 12.0. The summed E-state index contributed by atoms with van der Waals surface area (Å²) in [5, 5.41) is 6.19. The number of pyridine rings is 1. The largest absolute Gasteiger partial charge is 0.416 e. The van der Waals surface area contributed by atoms with Crippen LogP contribution in [-0.2, 0) is 40.5 Å². The SMILES string of the molecule is CCC(OCc1cc(C(F)(F)F)cc(C(F)(F)F)c1)C1(c2ccccc2)CC(C(=O)NCCc2ccccn2)N1. The zero-order valence-electron chi connectivity index (χ0n) is 21.6. The van der Waals surface area contributed by atoms with Gasteiger partial charge in [-0.25, -0.2) is 0 Å². The number of carbonyl (C=O) groups excluding carboxylic acids is 1. The van der Waals surface area contributed by atoms with Crippen molar-refractivity contribution in [1.82, 2.24) is 15.6 Å². The third kappa shape index (κ3) is 6.82.